The van der Waals surface area contributed by atoms with Crippen LogP contribution in [0.15, 0.2) is 98.4 Å². The zero-order chi connectivity index (χ0) is 31.6. The summed E-state index contributed by atoms with van der Waals surface area (Å²) < 4.78 is 0. The maximum absolute atomic E-state index is 14.2. The number of likely N-dealkylation sites (N-methyl/N-ethyl adjacent to an activating group) is 1. The van der Waals surface area contributed by atoms with E-state index in [2.05, 4.69) is 38.9 Å². The molecule has 0 saturated carbocycles. The number of carbonyl (C=O) groups excluding carboxylic acids is 2. The molecule has 2 heterocycles. The van der Waals surface area contributed by atoms with Gasteiger partial charge in [0.15, 0.2) is 0 Å². The van der Waals surface area contributed by atoms with E-state index in [9.17, 15) is 9.59 Å². The first-order valence-corrected chi connectivity index (χ1v) is 17.2. The predicted octanol–water partition coefficient (Wildman–Crippen LogP) is 5.59. The summed E-state index contributed by atoms with van der Waals surface area (Å²) in [5, 5.41) is 10.7. The predicted molar refractivity (Wildman–Crippen MR) is 190 cm³/mol. The van der Waals surface area contributed by atoms with Gasteiger partial charge in [-0.2, -0.15) is 0 Å². The third-order valence-corrected chi connectivity index (χ3v) is 9.54. The Hall–Kier alpha value is -3.77. The second-order valence-corrected chi connectivity index (χ2v) is 13.0. The molecule has 2 aromatic rings. The number of nitrogens with one attached hydrogen (secondary N) is 3. The highest BCUT2D eigenvalue weighted by Crippen LogP contribution is 2.39. The summed E-state index contributed by atoms with van der Waals surface area (Å²) in [4.78, 5) is 39.8. The average Bonchev–Trinajstić information content (AvgIpc) is 3.21. The van der Waals surface area contributed by atoms with Crippen LogP contribution < -0.4 is 16.0 Å². The first kappa shape index (κ1) is 32.6. The third-order valence-electron chi connectivity index (χ3n) is 7.57. The molecule has 0 radical (unpaired) electrons. The van der Waals surface area contributed by atoms with Crippen LogP contribution in [-0.4, -0.2) is 85.4 Å². The summed E-state index contributed by atoms with van der Waals surface area (Å²) >= 11 is 3.02. The number of carbonyl (C=O) groups is 2. The molecule has 45 heavy (non-hydrogen) atoms. The highest BCUT2D eigenvalue weighted by atomic mass is 32.2. The van der Waals surface area contributed by atoms with Gasteiger partial charge in [-0.15, -0.1) is 11.8 Å². The number of rotatable bonds is 11. The third kappa shape index (κ3) is 9.13. The largest absolute Gasteiger partial charge is 0.384 e. The summed E-state index contributed by atoms with van der Waals surface area (Å²) in [6.45, 7) is 7.09. The number of nitrogens with zero attached hydrogens (tertiary/aromatic N) is 4. The van der Waals surface area contributed by atoms with Gasteiger partial charge in [0.25, 0.3) is 5.91 Å². The number of amides is 2. The van der Waals surface area contributed by atoms with Crippen molar-refractivity contribution in [2.24, 2.45) is 4.99 Å². The molecule has 2 aromatic carbocycles. The van der Waals surface area contributed by atoms with Crippen LogP contribution in [0.4, 0.5) is 17.1 Å². The Kier molecular flexibility index (Phi) is 11.6. The van der Waals surface area contributed by atoms with Crippen molar-refractivity contribution in [3.8, 4) is 0 Å². The van der Waals surface area contributed by atoms with E-state index in [-0.39, 0.29) is 11.8 Å². The minimum Gasteiger partial charge on any atom is -0.384 e. The van der Waals surface area contributed by atoms with E-state index in [1.54, 1.807) is 23.0 Å². The first-order valence-electron chi connectivity index (χ1n) is 15.2. The van der Waals surface area contributed by atoms with Gasteiger partial charge in [0.1, 0.15) is 4.91 Å². The van der Waals surface area contributed by atoms with E-state index in [1.165, 1.54) is 16.7 Å². The minimum absolute atomic E-state index is 0.0544. The van der Waals surface area contributed by atoms with E-state index in [1.807, 2.05) is 79.9 Å². The van der Waals surface area contributed by atoms with E-state index >= 15 is 0 Å². The Morgan fingerprint density at radius 3 is 2.62 bits per heavy atom. The smallest absolute Gasteiger partial charge is 0.268 e. The molecule has 3 N–H and O–H groups in total. The summed E-state index contributed by atoms with van der Waals surface area (Å²) in [6.07, 6.45) is 12.5. The monoisotopic (exact) mass is 643 g/mol. The van der Waals surface area contributed by atoms with E-state index in [0.29, 0.717) is 35.9 Å². The molecule has 11 heteroatoms. The van der Waals surface area contributed by atoms with Gasteiger partial charge in [-0.05, 0) is 55.0 Å². The number of piperazine rings is 1. The van der Waals surface area contributed by atoms with Crippen LogP contribution in [0.2, 0.25) is 0 Å². The van der Waals surface area contributed by atoms with Gasteiger partial charge in [0.05, 0.1) is 35.8 Å². The molecule has 2 bridgehead atoms. The molecule has 0 atom stereocenters. The highest BCUT2D eigenvalue weighted by Gasteiger charge is 2.26. The molecular formula is C34H41N7O2S2. The maximum Gasteiger partial charge on any atom is 0.268 e. The topological polar surface area (TPSA) is 92.3 Å². The second kappa shape index (κ2) is 16.0. The SMILES string of the molecule is CCNc1ccc(NC(=O)CN2CCN(C)CC2)cc1N=CN(Cc1ccccc1)C(=O)/C(SC)=C1\NC2=CC=CC=C(C2)S1. The number of thioether (sulfide) groups is 2. The lowest BCUT2D eigenvalue weighted by Gasteiger charge is -2.31. The van der Waals surface area contributed by atoms with Gasteiger partial charge in [-0.1, -0.05) is 60.3 Å². The Bertz CT molecular complexity index is 1500. The molecule has 2 fully saturated rings. The molecule has 236 valence electrons. The van der Waals surface area contributed by atoms with Crippen molar-refractivity contribution in [3.05, 3.63) is 98.9 Å². The van der Waals surface area contributed by atoms with Crippen LogP contribution in [-0.2, 0) is 16.1 Å². The highest BCUT2D eigenvalue weighted by molar-refractivity contribution is 8.09. The van der Waals surface area contributed by atoms with Crippen molar-refractivity contribution in [2.75, 3.05) is 63.2 Å². The van der Waals surface area contributed by atoms with Crippen molar-refractivity contribution in [1.82, 2.24) is 20.0 Å². The number of hydrogen-bond acceptors (Lipinski definition) is 9. The van der Waals surface area contributed by atoms with Crippen molar-refractivity contribution in [2.45, 2.75) is 19.9 Å². The maximum atomic E-state index is 14.2. The van der Waals surface area contributed by atoms with Crippen LogP contribution in [0.3, 0.4) is 0 Å². The summed E-state index contributed by atoms with van der Waals surface area (Å²) in [5.41, 5.74) is 4.17. The number of fused-ring (bicyclic) bond motifs is 2. The molecule has 2 amide bonds. The zero-order valence-corrected chi connectivity index (χ0v) is 27.7. The number of hydrogen-bond donors (Lipinski definition) is 3. The fourth-order valence-electron chi connectivity index (χ4n) is 5.15. The molecule has 9 nitrogen and oxygen atoms in total. The Morgan fingerprint density at radius 2 is 1.87 bits per heavy atom. The number of benzene rings is 2. The van der Waals surface area contributed by atoms with E-state index in [0.717, 1.165) is 54.6 Å². The number of anilines is 2. The molecule has 5 rings (SSSR count). The standard InChI is InChI=1S/C34H41N7O2S2/c1-4-35-29-15-14-27(37-31(42)23-40-18-16-39(2)17-19-40)21-30(29)36-24-41(22-25-10-6-5-7-11-25)34(43)32(44-3)33-38-26-12-8-9-13-28(20-26)45-33/h5-15,21,24,35,38H,4,16-20,22-23H2,1-3H3,(H,37,42)/b33-32-,36-24?. The molecule has 2 saturated heterocycles. The minimum atomic E-state index is -0.139. The van der Waals surface area contributed by atoms with Crippen LogP contribution in [0, 0.1) is 0 Å². The number of aliphatic imine (C=N–C) groups is 1. The Labute approximate surface area is 274 Å². The van der Waals surface area contributed by atoms with Crippen molar-refractivity contribution < 1.29 is 9.59 Å². The zero-order valence-electron chi connectivity index (χ0n) is 26.1. The van der Waals surface area contributed by atoms with Crippen LogP contribution >= 0.6 is 23.5 Å². The van der Waals surface area contributed by atoms with Gasteiger partial charge in [-0.3, -0.25) is 19.4 Å². The molecule has 3 aliphatic rings. The van der Waals surface area contributed by atoms with Crippen LogP contribution in [0.25, 0.3) is 0 Å². The van der Waals surface area contributed by atoms with Gasteiger partial charge < -0.3 is 20.9 Å². The van der Waals surface area contributed by atoms with Gasteiger partial charge >= 0.3 is 0 Å². The fourth-order valence-corrected chi connectivity index (χ4v) is 7.05. The lowest BCUT2D eigenvalue weighted by molar-refractivity contribution is -0.123. The lowest BCUT2D eigenvalue weighted by atomic mass is 10.2. The normalized spacial score (nSPS) is 18.0. The van der Waals surface area contributed by atoms with Gasteiger partial charge in [-0.25, -0.2) is 4.99 Å². The van der Waals surface area contributed by atoms with Crippen LogP contribution in [0.5, 0.6) is 0 Å². The van der Waals surface area contributed by atoms with Crippen molar-refractivity contribution in [1.29, 1.82) is 0 Å². The lowest BCUT2D eigenvalue weighted by Crippen LogP contribution is -2.47. The summed E-state index contributed by atoms with van der Waals surface area (Å²) in [7, 11) is 2.10. The number of allylic oxidation sites excluding steroid dienone is 5. The molecule has 0 unspecified atom stereocenters. The van der Waals surface area contributed by atoms with Gasteiger partial charge in [0, 0.05) is 50.5 Å². The van der Waals surface area contributed by atoms with Gasteiger partial charge in [0.2, 0.25) is 5.91 Å². The fraction of sp³-hybridized carbons (Fsp3) is 0.324. The van der Waals surface area contributed by atoms with Crippen LogP contribution in [0.1, 0.15) is 18.9 Å². The second-order valence-electron chi connectivity index (χ2n) is 11.0. The first-order chi connectivity index (χ1) is 21.9. The Balaban J connectivity index is 1.40. The van der Waals surface area contributed by atoms with Crippen molar-refractivity contribution in [3.63, 3.8) is 0 Å². The molecule has 2 aliphatic heterocycles. The molecular weight excluding hydrogens is 603 g/mol. The quantitative estimate of drug-likeness (QED) is 0.166. The molecule has 0 spiro atoms. The average molecular weight is 644 g/mol. The van der Waals surface area contributed by atoms with Crippen molar-refractivity contribution >= 4 is 58.7 Å². The summed E-state index contributed by atoms with van der Waals surface area (Å²) in [6, 6.07) is 15.6. The Morgan fingerprint density at radius 1 is 1.09 bits per heavy atom. The van der Waals surface area contributed by atoms with E-state index < -0.39 is 0 Å². The molecule has 1 aliphatic carbocycles. The summed E-state index contributed by atoms with van der Waals surface area (Å²) in [5.74, 6) is -0.194. The van der Waals surface area contributed by atoms with E-state index in [4.69, 9.17) is 4.99 Å². The molecule has 0 aromatic heterocycles.